The predicted molar refractivity (Wildman–Crippen MR) is 58.5 cm³/mol. The van der Waals surface area contributed by atoms with Crippen molar-refractivity contribution in [3.8, 4) is 0 Å². The monoisotopic (exact) mass is 246 g/mol. The Morgan fingerprint density at radius 3 is 2.50 bits per heavy atom. The minimum Gasteiger partial charge on any atom is -0.288 e. The van der Waals surface area contributed by atoms with Gasteiger partial charge in [-0.3, -0.25) is 4.79 Å². The first kappa shape index (κ1) is 12.8. The van der Waals surface area contributed by atoms with Gasteiger partial charge in [-0.2, -0.15) is 0 Å². The van der Waals surface area contributed by atoms with Crippen LogP contribution in [0.5, 0.6) is 0 Å². The highest BCUT2D eigenvalue weighted by atomic mass is 32.2. The molecule has 16 heavy (non-hydrogen) atoms. The van der Waals surface area contributed by atoms with Crippen molar-refractivity contribution in [2.75, 3.05) is 5.75 Å². The van der Waals surface area contributed by atoms with E-state index in [4.69, 9.17) is 0 Å². The van der Waals surface area contributed by atoms with E-state index in [0.29, 0.717) is 11.8 Å². The number of hydrogen-bond donors (Lipinski definition) is 0. The molecule has 0 amide bonds. The average Bonchev–Trinajstić information content (AvgIpc) is 2.19. The Kier molecular flexibility index (Phi) is 4.61. The molecule has 0 heterocycles. The van der Waals surface area contributed by atoms with Crippen LogP contribution >= 0.6 is 11.8 Å². The molecule has 0 saturated heterocycles. The topological polar surface area (TPSA) is 17.1 Å². The highest BCUT2D eigenvalue weighted by Crippen LogP contribution is 2.15. The van der Waals surface area contributed by atoms with Gasteiger partial charge in [0.15, 0.2) is 16.7 Å². The highest BCUT2D eigenvalue weighted by Gasteiger charge is 2.07. The van der Waals surface area contributed by atoms with Gasteiger partial charge in [0.1, 0.15) is 5.82 Å². The van der Waals surface area contributed by atoms with Gasteiger partial charge in [0.05, 0.1) is 0 Å². The normalized spacial score (nSPS) is 11.0. The summed E-state index contributed by atoms with van der Waals surface area (Å²) < 4.78 is 38.4. The predicted octanol–water partition coefficient (Wildman–Crippen LogP) is 3.40. The maximum atomic E-state index is 13.1. The molecule has 0 atom stereocenters. The van der Waals surface area contributed by atoms with E-state index in [0.717, 1.165) is 17.8 Å². The summed E-state index contributed by atoms with van der Waals surface area (Å²) in [5.74, 6) is -2.77. The minimum atomic E-state index is -1.22. The fraction of sp³-hybridized carbons (Fsp3) is 0.182. The molecule has 0 saturated carbocycles. The first-order valence-corrected chi connectivity index (χ1v) is 5.43. The molecule has 0 fully saturated rings. The van der Waals surface area contributed by atoms with E-state index in [2.05, 4.69) is 0 Å². The van der Waals surface area contributed by atoms with Gasteiger partial charge in [0.2, 0.25) is 0 Å². The largest absolute Gasteiger partial charge is 0.288 e. The minimum absolute atomic E-state index is 0.0388. The van der Waals surface area contributed by atoms with E-state index in [1.807, 2.05) is 0 Å². The van der Waals surface area contributed by atoms with Gasteiger partial charge in [0.25, 0.3) is 0 Å². The second kappa shape index (κ2) is 5.75. The second-order valence-electron chi connectivity index (χ2n) is 2.99. The molecule has 86 valence electrons. The van der Waals surface area contributed by atoms with E-state index in [1.54, 1.807) is 0 Å². The van der Waals surface area contributed by atoms with Gasteiger partial charge >= 0.3 is 0 Å². The van der Waals surface area contributed by atoms with Gasteiger partial charge in [-0.1, -0.05) is 23.9 Å². The summed E-state index contributed by atoms with van der Waals surface area (Å²) in [6.45, 7) is 1.41. The molecular weight excluding hydrogens is 237 g/mol. The molecule has 1 rings (SSSR count). The zero-order valence-corrected chi connectivity index (χ0v) is 9.28. The van der Waals surface area contributed by atoms with E-state index < -0.39 is 17.5 Å². The molecule has 1 aromatic carbocycles. The lowest BCUT2D eigenvalue weighted by Gasteiger charge is -1.98. The fourth-order valence-corrected chi connectivity index (χ4v) is 1.43. The van der Waals surface area contributed by atoms with E-state index >= 15 is 0 Å². The molecule has 0 N–H and O–H groups in total. The lowest BCUT2D eigenvalue weighted by atomic mass is 10.2. The van der Waals surface area contributed by atoms with Gasteiger partial charge in [-0.15, -0.1) is 0 Å². The third-order valence-electron chi connectivity index (χ3n) is 1.72. The van der Waals surface area contributed by atoms with Crippen molar-refractivity contribution in [3.05, 3.63) is 41.2 Å². The molecule has 0 bridgehead atoms. The maximum Gasteiger partial charge on any atom is 0.186 e. The summed E-state index contributed by atoms with van der Waals surface area (Å²) in [5.41, 5.74) is -0.0388. The molecule has 0 radical (unpaired) electrons. The zero-order valence-electron chi connectivity index (χ0n) is 8.47. The van der Waals surface area contributed by atoms with Crippen LogP contribution in [0.4, 0.5) is 13.2 Å². The molecule has 0 unspecified atom stereocenters. The number of halogens is 3. The summed E-state index contributed by atoms with van der Waals surface area (Å²) in [5, 5.41) is -0.0598. The fourth-order valence-electron chi connectivity index (χ4n) is 1.01. The van der Waals surface area contributed by atoms with Crippen molar-refractivity contribution in [1.29, 1.82) is 0 Å². The van der Waals surface area contributed by atoms with Crippen molar-refractivity contribution >= 4 is 23.0 Å². The summed E-state index contributed by atoms with van der Waals surface area (Å²) in [4.78, 5) is 10.6. The first-order valence-electron chi connectivity index (χ1n) is 4.45. The number of rotatable bonds is 3. The third kappa shape index (κ3) is 3.73. The molecule has 0 aliphatic rings. The molecule has 0 spiro atoms. The third-order valence-corrected chi connectivity index (χ3v) is 2.49. The summed E-state index contributed by atoms with van der Waals surface area (Å²) in [6.07, 6.45) is 2.83. The van der Waals surface area contributed by atoms with E-state index in [9.17, 15) is 18.0 Å². The Morgan fingerprint density at radius 2 is 1.88 bits per heavy atom. The number of carbonyl (C=O) groups is 1. The van der Waals surface area contributed by atoms with Crippen LogP contribution in [0, 0.1) is 17.5 Å². The summed E-state index contributed by atoms with van der Waals surface area (Å²) >= 11 is 1.05. The van der Waals surface area contributed by atoms with Crippen molar-refractivity contribution < 1.29 is 18.0 Å². The number of benzene rings is 1. The van der Waals surface area contributed by atoms with Crippen molar-refractivity contribution in [2.45, 2.75) is 6.92 Å². The van der Waals surface area contributed by atoms with Crippen LogP contribution < -0.4 is 0 Å². The molecule has 0 aliphatic carbocycles. The maximum absolute atomic E-state index is 13.1. The van der Waals surface area contributed by atoms with Crippen molar-refractivity contribution in [1.82, 2.24) is 0 Å². The van der Waals surface area contributed by atoms with Gasteiger partial charge in [0, 0.05) is 24.3 Å². The lowest BCUT2D eigenvalue weighted by molar-refractivity contribution is -0.109. The van der Waals surface area contributed by atoms with Crippen LogP contribution in [0.3, 0.4) is 0 Å². The lowest BCUT2D eigenvalue weighted by Crippen LogP contribution is -1.90. The van der Waals surface area contributed by atoms with Crippen LogP contribution in [0.15, 0.2) is 18.2 Å². The van der Waals surface area contributed by atoms with Crippen LogP contribution in [0.25, 0.3) is 6.08 Å². The molecule has 1 aromatic rings. The average molecular weight is 246 g/mol. The van der Waals surface area contributed by atoms with Crippen LogP contribution in [0.1, 0.15) is 12.5 Å². The summed E-state index contributed by atoms with van der Waals surface area (Å²) in [7, 11) is 0. The first-order chi connectivity index (χ1) is 7.50. The molecule has 0 aromatic heterocycles. The Hall–Kier alpha value is -1.23. The van der Waals surface area contributed by atoms with Crippen molar-refractivity contribution in [2.24, 2.45) is 0 Å². The SMILES string of the molecule is CC(=O)SCC=Cc1cc(F)c(F)cc1F. The van der Waals surface area contributed by atoms with Crippen LogP contribution in [0.2, 0.25) is 0 Å². The molecule has 0 aliphatic heterocycles. The van der Waals surface area contributed by atoms with Gasteiger partial charge in [-0.05, 0) is 6.07 Å². The Bertz CT molecular complexity index is 429. The van der Waals surface area contributed by atoms with Crippen LogP contribution in [-0.4, -0.2) is 10.9 Å². The Morgan fingerprint density at radius 1 is 1.25 bits per heavy atom. The summed E-state index contributed by atoms with van der Waals surface area (Å²) in [6, 6.07) is 1.27. The second-order valence-corrected chi connectivity index (χ2v) is 4.19. The standard InChI is InChI=1S/C11H9F3OS/c1-7(15)16-4-2-3-8-5-10(13)11(14)6-9(8)12/h2-3,5-6H,4H2,1H3. The van der Waals surface area contributed by atoms with E-state index in [1.165, 1.54) is 19.1 Å². The number of hydrogen-bond acceptors (Lipinski definition) is 2. The highest BCUT2D eigenvalue weighted by molar-refractivity contribution is 8.13. The molecular formula is C11H9F3OS. The quantitative estimate of drug-likeness (QED) is 0.760. The number of carbonyl (C=O) groups excluding carboxylic acids is 1. The molecule has 5 heteroatoms. The molecule has 1 nitrogen and oxygen atoms in total. The number of thioether (sulfide) groups is 1. The Labute approximate surface area is 95.3 Å². The van der Waals surface area contributed by atoms with Crippen LogP contribution in [-0.2, 0) is 4.79 Å². The smallest absolute Gasteiger partial charge is 0.186 e. The van der Waals surface area contributed by atoms with Gasteiger partial charge < -0.3 is 0 Å². The Balaban J connectivity index is 2.73. The van der Waals surface area contributed by atoms with Crippen molar-refractivity contribution in [3.63, 3.8) is 0 Å². The zero-order chi connectivity index (χ0) is 12.1. The van der Waals surface area contributed by atoms with Gasteiger partial charge in [-0.25, -0.2) is 13.2 Å². The van der Waals surface area contributed by atoms with E-state index in [-0.39, 0.29) is 10.7 Å².